The number of benzene rings is 1. The topological polar surface area (TPSA) is 49.3 Å². The lowest BCUT2D eigenvalue weighted by Gasteiger charge is -2.41. The zero-order valence-electron chi connectivity index (χ0n) is 17.1. The number of alkyl halides is 1. The summed E-state index contributed by atoms with van der Waals surface area (Å²) < 4.78 is 0. The summed E-state index contributed by atoms with van der Waals surface area (Å²) in [6.07, 6.45) is 5.21. The monoisotopic (exact) mass is 391 g/mol. The number of amides is 1. The van der Waals surface area contributed by atoms with Gasteiger partial charge < -0.3 is 10.4 Å². The zero-order valence-corrected chi connectivity index (χ0v) is 17.9. The van der Waals surface area contributed by atoms with Gasteiger partial charge in [-0.05, 0) is 56.6 Å². The average molecular weight is 392 g/mol. The molecule has 1 saturated carbocycles. The molecule has 0 bridgehead atoms. The van der Waals surface area contributed by atoms with Crippen molar-refractivity contribution >= 4 is 17.5 Å². The van der Waals surface area contributed by atoms with Crippen LogP contribution in [0, 0.1) is 5.41 Å². The number of carbonyl (C=O) groups is 1. The van der Waals surface area contributed by atoms with E-state index in [2.05, 4.69) is 17.4 Å². The summed E-state index contributed by atoms with van der Waals surface area (Å²) in [6, 6.07) is 10.2. The molecule has 0 unspecified atom stereocenters. The standard InChI is InChI=1S/C23H34ClNO2/c1-22(2,3)21(26)25-19(14-8-9-16-24)18-13-10-15-23(4,27)20(18)17-11-6-5-7-12-17/h5-7,11-12,20,27H,8-10,13-16H2,1-4H3,(H,25,26)/b19-18-/t20-,23+/m1/s1. The molecule has 150 valence electrons. The van der Waals surface area contributed by atoms with Crippen molar-refractivity contribution in [2.24, 2.45) is 5.41 Å². The number of halogens is 1. The highest BCUT2D eigenvalue weighted by Crippen LogP contribution is 2.45. The second-order valence-corrected chi connectivity index (χ2v) is 9.29. The maximum Gasteiger partial charge on any atom is 0.229 e. The molecule has 3 nitrogen and oxygen atoms in total. The molecule has 2 atom stereocenters. The van der Waals surface area contributed by atoms with Gasteiger partial charge in [0.1, 0.15) is 0 Å². The molecule has 1 fully saturated rings. The largest absolute Gasteiger partial charge is 0.389 e. The smallest absolute Gasteiger partial charge is 0.229 e. The predicted molar refractivity (Wildman–Crippen MR) is 113 cm³/mol. The van der Waals surface area contributed by atoms with Gasteiger partial charge in [0.15, 0.2) is 0 Å². The van der Waals surface area contributed by atoms with Crippen molar-refractivity contribution in [3.8, 4) is 0 Å². The Labute approximate surface area is 169 Å². The molecule has 0 aromatic heterocycles. The van der Waals surface area contributed by atoms with Gasteiger partial charge in [-0.3, -0.25) is 4.79 Å². The fraction of sp³-hybridized carbons (Fsp3) is 0.609. The molecule has 1 aromatic rings. The summed E-state index contributed by atoms with van der Waals surface area (Å²) in [5.41, 5.74) is 1.98. The van der Waals surface area contributed by atoms with Crippen LogP contribution in [0.1, 0.15) is 77.7 Å². The van der Waals surface area contributed by atoms with Gasteiger partial charge in [0, 0.05) is 22.9 Å². The van der Waals surface area contributed by atoms with Crippen molar-refractivity contribution in [1.82, 2.24) is 5.32 Å². The number of hydrogen-bond acceptors (Lipinski definition) is 2. The molecule has 0 heterocycles. The third kappa shape index (κ3) is 5.83. The van der Waals surface area contributed by atoms with Crippen LogP contribution >= 0.6 is 11.6 Å². The predicted octanol–water partition coefficient (Wildman–Crippen LogP) is 5.53. The Balaban J connectivity index is 2.47. The van der Waals surface area contributed by atoms with Gasteiger partial charge in [-0.1, -0.05) is 51.1 Å². The maximum atomic E-state index is 12.7. The summed E-state index contributed by atoms with van der Waals surface area (Å²) >= 11 is 5.88. The quantitative estimate of drug-likeness (QED) is 0.494. The molecular weight excluding hydrogens is 358 g/mol. The van der Waals surface area contributed by atoms with E-state index in [0.29, 0.717) is 5.88 Å². The Bertz CT molecular complexity index is 659. The highest BCUT2D eigenvalue weighted by atomic mass is 35.5. The Kier molecular flexibility index (Phi) is 7.53. The molecular formula is C23H34ClNO2. The highest BCUT2D eigenvalue weighted by Gasteiger charge is 2.40. The Morgan fingerprint density at radius 2 is 1.93 bits per heavy atom. The van der Waals surface area contributed by atoms with E-state index in [0.717, 1.165) is 49.8 Å². The second kappa shape index (κ2) is 9.25. The van der Waals surface area contributed by atoms with Gasteiger partial charge in [0.05, 0.1) is 5.60 Å². The number of aliphatic hydroxyl groups is 1. The van der Waals surface area contributed by atoms with E-state index in [4.69, 9.17) is 11.6 Å². The molecule has 2 N–H and O–H groups in total. The molecule has 4 heteroatoms. The molecule has 0 saturated heterocycles. The lowest BCUT2D eigenvalue weighted by Crippen LogP contribution is -2.40. The lowest BCUT2D eigenvalue weighted by molar-refractivity contribution is -0.127. The van der Waals surface area contributed by atoms with Crippen LogP contribution in [0.3, 0.4) is 0 Å². The molecule has 2 rings (SSSR count). The Morgan fingerprint density at radius 3 is 2.52 bits per heavy atom. The van der Waals surface area contributed by atoms with E-state index in [-0.39, 0.29) is 11.8 Å². The summed E-state index contributed by atoms with van der Waals surface area (Å²) in [6.45, 7) is 7.70. The first-order valence-corrected chi connectivity index (χ1v) is 10.6. The minimum atomic E-state index is -0.820. The maximum absolute atomic E-state index is 12.7. The highest BCUT2D eigenvalue weighted by molar-refractivity contribution is 6.17. The van der Waals surface area contributed by atoms with Crippen molar-refractivity contribution in [2.75, 3.05) is 5.88 Å². The number of nitrogens with one attached hydrogen (secondary N) is 1. The van der Waals surface area contributed by atoms with Crippen LogP contribution in [-0.2, 0) is 4.79 Å². The second-order valence-electron chi connectivity index (χ2n) is 8.91. The van der Waals surface area contributed by atoms with Gasteiger partial charge in [-0.25, -0.2) is 0 Å². The zero-order chi connectivity index (χ0) is 20.1. The Morgan fingerprint density at radius 1 is 1.26 bits per heavy atom. The van der Waals surface area contributed by atoms with Crippen LogP contribution in [0.2, 0.25) is 0 Å². The van der Waals surface area contributed by atoms with Crippen LogP contribution in [0.4, 0.5) is 0 Å². The molecule has 0 radical (unpaired) electrons. The van der Waals surface area contributed by atoms with Crippen LogP contribution in [0.15, 0.2) is 41.6 Å². The molecule has 0 aliphatic heterocycles. The van der Waals surface area contributed by atoms with Crippen LogP contribution in [0.25, 0.3) is 0 Å². The van der Waals surface area contributed by atoms with Gasteiger partial charge in [-0.15, -0.1) is 11.6 Å². The average Bonchev–Trinajstić information content (AvgIpc) is 2.60. The first-order valence-electron chi connectivity index (χ1n) is 10.0. The van der Waals surface area contributed by atoms with Crippen LogP contribution in [0.5, 0.6) is 0 Å². The van der Waals surface area contributed by atoms with E-state index >= 15 is 0 Å². The summed E-state index contributed by atoms with van der Waals surface area (Å²) in [7, 11) is 0. The number of allylic oxidation sites excluding steroid dienone is 1. The van der Waals surface area contributed by atoms with Gasteiger partial charge >= 0.3 is 0 Å². The fourth-order valence-electron chi connectivity index (χ4n) is 3.86. The van der Waals surface area contributed by atoms with Crippen LogP contribution < -0.4 is 5.32 Å². The van der Waals surface area contributed by atoms with E-state index in [9.17, 15) is 9.90 Å². The van der Waals surface area contributed by atoms with Crippen molar-refractivity contribution < 1.29 is 9.90 Å². The van der Waals surface area contributed by atoms with Crippen molar-refractivity contribution in [3.05, 3.63) is 47.2 Å². The molecule has 0 spiro atoms. The van der Waals surface area contributed by atoms with Crippen molar-refractivity contribution in [1.29, 1.82) is 0 Å². The lowest BCUT2D eigenvalue weighted by atomic mass is 9.69. The molecule has 1 aromatic carbocycles. The first kappa shape index (κ1) is 22.0. The summed E-state index contributed by atoms with van der Waals surface area (Å²) in [5.74, 6) is 0.543. The van der Waals surface area contributed by atoms with E-state index < -0.39 is 11.0 Å². The molecule has 27 heavy (non-hydrogen) atoms. The number of hydrogen-bond donors (Lipinski definition) is 2. The van der Waals surface area contributed by atoms with Crippen molar-refractivity contribution in [2.45, 2.75) is 77.7 Å². The van der Waals surface area contributed by atoms with Gasteiger partial charge in [0.25, 0.3) is 0 Å². The first-order chi connectivity index (χ1) is 12.7. The van der Waals surface area contributed by atoms with Gasteiger partial charge in [0.2, 0.25) is 5.91 Å². The van der Waals surface area contributed by atoms with E-state index in [1.54, 1.807) is 0 Å². The summed E-state index contributed by atoms with van der Waals surface area (Å²) in [5, 5.41) is 14.4. The number of unbranched alkanes of at least 4 members (excludes halogenated alkanes) is 1. The normalized spacial score (nSPS) is 25.2. The van der Waals surface area contributed by atoms with Crippen molar-refractivity contribution in [3.63, 3.8) is 0 Å². The minimum absolute atomic E-state index is 0.0212. The third-order valence-corrected chi connectivity index (χ3v) is 5.64. The van der Waals surface area contributed by atoms with Gasteiger partial charge in [-0.2, -0.15) is 0 Å². The fourth-order valence-corrected chi connectivity index (χ4v) is 4.04. The number of carbonyl (C=O) groups excluding carboxylic acids is 1. The number of rotatable bonds is 6. The molecule has 1 amide bonds. The summed E-state index contributed by atoms with van der Waals surface area (Å²) in [4.78, 5) is 12.7. The minimum Gasteiger partial charge on any atom is -0.389 e. The van der Waals surface area contributed by atoms with Crippen LogP contribution in [-0.4, -0.2) is 22.5 Å². The molecule has 1 aliphatic rings. The SMILES string of the molecule is CC(C)(C)C(=O)N/C(CCCCCl)=C1/CCC[C@](C)(O)[C@@H]1c1ccccc1. The van der Waals surface area contributed by atoms with E-state index in [1.165, 1.54) is 5.57 Å². The Hall–Kier alpha value is -1.32. The molecule has 1 aliphatic carbocycles. The third-order valence-electron chi connectivity index (χ3n) is 5.38. The van der Waals surface area contributed by atoms with E-state index in [1.807, 2.05) is 45.9 Å².